The average Bonchev–Trinajstić information content (AvgIpc) is 2.96. The summed E-state index contributed by atoms with van der Waals surface area (Å²) in [5.41, 5.74) is 9.59. The highest BCUT2D eigenvalue weighted by Gasteiger charge is 2.19. The number of nitrogens with zero attached hydrogens (tertiary/aromatic N) is 5. The molecule has 0 saturated heterocycles. The van der Waals surface area contributed by atoms with Crippen molar-refractivity contribution in [1.29, 1.82) is 5.26 Å². The molecule has 0 unspecified atom stereocenters. The van der Waals surface area contributed by atoms with Crippen molar-refractivity contribution < 1.29 is 0 Å². The van der Waals surface area contributed by atoms with Crippen LogP contribution in [0.2, 0.25) is 5.02 Å². The van der Waals surface area contributed by atoms with Gasteiger partial charge in [0.25, 0.3) is 0 Å². The third-order valence-corrected chi connectivity index (χ3v) is 3.70. The second-order valence-electron chi connectivity index (χ2n) is 4.68. The van der Waals surface area contributed by atoms with E-state index in [2.05, 4.69) is 16.2 Å². The molecule has 0 bridgehead atoms. The van der Waals surface area contributed by atoms with Crippen molar-refractivity contribution in [2.24, 2.45) is 7.05 Å². The number of benzene rings is 1. The molecule has 0 amide bonds. The monoisotopic (exact) mass is 300 g/mol. The molecule has 1 aromatic carbocycles. The van der Waals surface area contributed by atoms with Gasteiger partial charge < -0.3 is 5.73 Å². The number of anilines is 1. The van der Waals surface area contributed by atoms with Crippen LogP contribution < -0.4 is 5.73 Å². The molecular weight excluding hydrogens is 288 g/mol. The molecule has 0 atom stereocenters. The number of aromatic nitrogens is 4. The van der Waals surface area contributed by atoms with Gasteiger partial charge in [0.15, 0.2) is 5.65 Å². The number of rotatable bonds is 2. The van der Waals surface area contributed by atoms with Gasteiger partial charge in [-0.1, -0.05) is 18.5 Å². The Labute approximate surface area is 126 Å². The molecule has 0 radical (unpaired) electrons. The number of hydrogen-bond donors (Lipinski definition) is 1. The summed E-state index contributed by atoms with van der Waals surface area (Å²) in [5, 5.41) is 14.0. The van der Waals surface area contributed by atoms with Crippen molar-refractivity contribution in [2.45, 2.75) is 13.3 Å². The van der Waals surface area contributed by atoms with Gasteiger partial charge in [-0.15, -0.1) is 0 Å². The van der Waals surface area contributed by atoms with Crippen LogP contribution in [-0.2, 0) is 13.5 Å². The summed E-state index contributed by atoms with van der Waals surface area (Å²) in [7, 11) is 1.83. The molecule has 0 aliphatic carbocycles. The van der Waals surface area contributed by atoms with Crippen LogP contribution in [-0.4, -0.2) is 19.3 Å². The second kappa shape index (κ2) is 4.79. The Morgan fingerprint density at radius 1 is 1.43 bits per heavy atom. The van der Waals surface area contributed by atoms with E-state index >= 15 is 0 Å². The summed E-state index contributed by atoms with van der Waals surface area (Å²) >= 11 is 6.27. The standard InChI is InChI=1S/C14H13ClN6/c1-3-10-12-13(20(2)19-10)21(14(17)18-12)11-6-8(7-16)4-5-9(11)15/h4-6H,3H2,1-2H3,(H2,17,18). The SMILES string of the molecule is CCc1nn(C)c2c1nc(N)n2-c1cc(C#N)ccc1Cl. The molecule has 2 heterocycles. The summed E-state index contributed by atoms with van der Waals surface area (Å²) < 4.78 is 3.46. The smallest absolute Gasteiger partial charge is 0.207 e. The van der Waals surface area contributed by atoms with E-state index in [0.717, 1.165) is 23.3 Å². The molecule has 3 aromatic rings. The van der Waals surface area contributed by atoms with Crippen LogP contribution in [0, 0.1) is 11.3 Å². The third-order valence-electron chi connectivity index (χ3n) is 3.38. The topological polar surface area (TPSA) is 85.5 Å². The first-order valence-corrected chi connectivity index (χ1v) is 6.84. The first-order valence-electron chi connectivity index (χ1n) is 6.46. The van der Waals surface area contributed by atoms with Crippen molar-refractivity contribution in [1.82, 2.24) is 19.3 Å². The van der Waals surface area contributed by atoms with E-state index in [-0.39, 0.29) is 0 Å². The van der Waals surface area contributed by atoms with Crippen LogP contribution in [0.25, 0.3) is 16.9 Å². The molecule has 0 fully saturated rings. The summed E-state index contributed by atoms with van der Waals surface area (Å²) in [6.07, 6.45) is 0.764. The number of aryl methyl sites for hydroxylation is 2. The molecular formula is C14H13ClN6. The van der Waals surface area contributed by atoms with Crippen LogP contribution in [0.5, 0.6) is 0 Å². The number of halogens is 1. The summed E-state index contributed by atoms with van der Waals surface area (Å²) in [4.78, 5) is 4.39. The summed E-state index contributed by atoms with van der Waals surface area (Å²) in [5.74, 6) is 0.324. The largest absolute Gasteiger partial charge is 0.369 e. The number of nitriles is 1. The van der Waals surface area contributed by atoms with Crippen molar-refractivity contribution >= 4 is 28.7 Å². The number of nitrogen functional groups attached to an aromatic ring is 1. The molecule has 2 N–H and O–H groups in total. The van der Waals surface area contributed by atoms with Gasteiger partial charge in [0, 0.05) is 7.05 Å². The lowest BCUT2D eigenvalue weighted by atomic mass is 10.2. The highest BCUT2D eigenvalue weighted by molar-refractivity contribution is 6.32. The van der Waals surface area contributed by atoms with Gasteiger partial charge in [-0.3, -0.25) is 4.57 Å². The number of nitrogens with two attached hydrogens (primary N) is 1. The fraction of sp³-hybridized carbons (Fsp3) is 0.214. The van der Waals surface area contributed by atoms with Gasteiger partial charge in [0.05, 0.1) is 28.0 Å². The Morgan fingerprint density at radius 3 is 2.86 bits per heavy atom. The van der Waals surface area contributed by atoms with Crippen molar-refractivity contribution in [3.8, 4) is 11.8 Å². The maximum absolute atomic E-state index is 9.06. The van der Waals surface area contributed by atoms with E-state index < -0.39 is 0 Å². The van der Waals surface area contributed by atoms with E-state index in [1.54, 1.807) is 27.4 Å². The lowest BCUT2D eigenvalue weighted by molar-refractivity contribution is 0.751. The minimum absolute atomic E-state index is 0.324. The lowest BCUT2D eigenvalue weighted by Crippen LogP contribution is -2.05. The van der Waals surface area contributed by atoms with Gasteiger partial charge in [0.1, 0.15) is 5.52 Å². The Hall–Kier alpha value is -2.52. The molecule has 21 heavy (non-hydrogen) atoms. The normalized spacial score (nSPS) is 11.0. The van der Waals surface area contributed by atoms with Crippen LogP contribution in [0.1, 0.15) is 18.2 Å². The Kier molecular flexibility index (Phi) is 3.07. The van der Waals surface area contributed by atoms with Crippen LogP contribution in [0.4, 0.5) is 5.95 Å². The summed E-state index contributed by atoms with van der Waals surface area (Å²) in [6, 6.07) is 7.13. The maximum atomic E-state index is 9.06. The highest BCUT2D eigenvalue weighted by Crippen LogP contribution is 2.30. The minimum atomic E-state index is 0.324. The minimum Gasteiger partial charge on any atom is -0.369 e. The number of imidazole rings is 1. The van der Waals surface area contributed by atoms with E-state index in [4.69, 9.17) is 22.6 Å². The van der Waals surface area contributed by atoms with Crippen LogP contribution >= 0.6 is 11.6 Å². The van der Waals surface area contributed by atoms with Crippen molar-refractivity contribution in [3.05, 3.63) is 34.5 Å². The fourth-order valence-corrected chi connectivity index (χ4v) is 2.63. The predicted molar refractivity (Wildman–Crippen MR) is 81.4 cm³/mol. The first-order chi connectivity index (χ1) is 10.1. The van der Waals surface area contributed by atoms with E-state index in [9.17, 15) is 0 Å². The van der Waals surface area contributed by atoms with E-state index in [1.807, 2.05) is 14.0 Å². The first kappa shape index (κ1) is 13.5. The molecule has 0 aliphatic heterocycles. The maximum Gasteiger partial charge on any atom is 0.207 e. The van der Waals surface area contributed by atoms with E-state index in [1.165, 1.54) is 0 Å². The van der Waals surface area contributed by atoms with Crippen molar-refractivity contribution in [2.75, 3.05) is 5.73 Å². The third kappa shape index (κ3) is 1.94. The second-order valence-corrected chi connectivity index (χ2v) is 5.09. The van der Waals surface area contributed by atoms with E-state index in [0.29, 0.717) is 22.2 Å². The van der Waals surface area contributed by atoms with Crippen LogP contribution in [0.15, 0.2) is 18.2 Å². The molecule has 0 saturated carbocycles. The average molecular weight is 301 g/mol. The zero-order valence-corrected chi connectivity index (χ0v) is 12.4. The fourth-order valence-electron chi connectivity index (χ4n) is 2.43. The predicted octanol–water partition coefficient (Wildman–Crippen LogP) is 2.43. The van der Waals surface area contributed by atoms with Gasteiger partial charge >= 0.3 is 0 Å². The highest BCUT2D eigenvalue weighted by atomic mass is 35.5. The Morgan fingerprint density at radius 2 is 2.19 bits per heavy atom. The number of hydrogen-bond acceptors (Lipinski definition) is 4. The molecule has 7 heteroatoms. The Bertz CT molecular complexity index is 883. The lowest BCUT2D eigenvalue weighted by Gasteiger charge is -2.09. The molecule has 0 spiro atoms. The summed E-state index contributed by atoms with van der Waals surface area (Å²) in [6.45, 7) is 2.01. The number of fused-ring (bicyclic) bond motifs is 1. The molecule has 106 valence electrons. The van der Waals surface area contributed by atoms with Crippen molar-refractivity contribution in [3.63, 3.8) is 0 Å². The molecule has 6 nitrogen and oxygen atoms in total. The zero-order chi connectivity index (χ0) is 15.1. The van der Waals surface area contributed by atoms with Gasteiger partial charge in [0.2, 0.25) is 5.95 Å². The van der Waals surface area contributed by atoms with Gasteiger partial charge in [-0.2, -0.15) is 10.4 Å². The van der Waals surface area contributed by atoms with Gasteiger partial charge in [-0.05, 0) is 24.6 Å². The van der Waals surface area contributed by atoms with Gasteiger partial charge in [-0.25, -0.2) is 9.67 Å². The zero-order valence-electron chi connectivity index (χ0n) is 11.6. The quantitative estimate of drug-likeness (QED) is 0.787. The Balaban J connectivity index is 2.38. The molecule has 3 rings (SSSR count). The molecule has 0 aliphatic rings. The van der Waals surface area contributed by atoms with Crippen LogP contribution in [0.3, 0.4) is 0 Å². The molecule has 2 aromatic heterocycles.